The van der Waals surface area contributed by atoms with Crippen molar-refractivity contribution < 1.29 is 24.2 Å². The second-order valence-corrected chi connectivity index (χ2v) is 7.38. The summed E-state index contributed by atoms with van der Waals surface area (Å²) in [6, 6.07) is 4.23. The summed E-state index contributed by atoms with van der Waals surface area (Å²) in [7, 11) is 3.31. The monoisotopic (exact) mass is 391 g/mol. The summed E-state index contributed by atoms with van der Waals surface area (Å²) in [5, 5.41) is 8.71. The van der Waals surface area contributed by atoms with Gasteiger partial charge in [0.2, 0.25) is 5.91 Å². The van der Waals surface area contributed by atoms with Crippen molar-refractivity contribution in [3.05, 3.63) is 23.3 Å². The lowest BCUT2D eigenvalue weighted by molar-refractivity contribution is -0.137. The van der Waals surface area contributed by atoms with Gasteiger partial charge in [0.1, 0.15) is 0 Å². The molecule has 0 fully saturated rings. The van der Waals surface area contributed by atoms with E-state index in [9.17, 15) is 9.59 Å². The summed E-state index contributed by atoms with van der Waals surface area (Å²) >= 11 is 0. The van der Waals surface area contributed by atoms with Crippen LogP contribution < -0.4 is 9.47 Å². The minimum atomic E-state index is -0.771. The van der Waals surface area contributed by atoms with E-state index in [1.165, 1.54) is 11.1 Å². The van der Waals surface area contributed by atoms with E-state index in [2.05, 4.69) is 13.0 Å². The number of aliphatic carboxylic acids is 1. The fourth-order valence-electron chi connectivity index (χ4n) is 4.05. The molecule has 2 rings (SSSR count). The summed E-state index contributed by atoms with van der Waals surface area (Å²) in [6.07, 6.45) is 6.39. The molecule has 0 bridgehead atoms. The molecule has 0 aromatic heterocycles. The van der Waals surface area contributed by atoms with Gasteiger partial charge in [-0.15, -0.1) is 0 Å². The average Bonchev–Trinajstić information content (AvgIpc) is 2.69. The van der Waals surface area contributed by atoms with E-state index in [4.69, 9.17) is 14.6 Å². The molecule has 0 radical (unpaired) electrons. The molecule has 1 atom stereocenters. The average molecular weight is 392 g/mol. The number of amides is 1. The molecule has 156 valence electrons. The molecule has 0 unspecified atom stereocenters. The molecule has 1 aromatic carbocycles. The number of carboxylic acids is 1. The predicted molar refractivity (Wildman–Crippen MR) is 108 cm³/mol. The predicted octanol–water partition coefficient (Wildman–Crippen LogP) is 3.83. The SMILES string of the molecule is CCCN(C(=O)CCCCCC(=O)O)[C@H]1CCc2c(ccc(OC)c2OC)C1. The van der Waals surface area contributed by atoms with E-state index >= 15 is 0 Å². The molecule has 6 heteroatoms. The number of nitrogens with zero attached hydrogens (tertiary/aromatic N) is 1. The number of methoxy groups -OCH3 is 2. The zero-order valence-electron chi connectivity index (χ0n) is 17.3. The van der Waals surface area contributed by atoms with Gasteiger partial charge in [0, 0.05) is 31.0 Å². The number of fused-ring (bicyclic) bond motifs is 1. The summed E-state index contributed by atoms with van der Waals surface area (Å²) in [5.41, 5.74) is 2.42. The molecule has 1 aromatic rings. The number of benzene rings is 1. The molecule has 6 nitrogen and oxygen atoms in total. The Morgan fingerprint density at radius 2 is 1.89 bits per heavy atom. The van der Waals surface area contributed by atoms with Crippen molar-refractivity contribution in [2.75, 3.05) is 20.8 Å². The van der Waals surface area contributed by atoms with Crippen molar-refractivity contribution in [1.29, 1.82) is 0 Å². The van der Waals surface area contributed by atoms with Gasteiger partial charge in [0.25, 0.3) is 0 Å². The summed E-state index contributed by atoms with van der Waals surface area (Å²) in [5.74, 6) is 0.978. The van der Waals surface area contributed by atoms with E-state index in [0.29, 0.717) is 12.8 Å². The molecule has 0 aliphatic heterocycles. The Hall–Kier alpha value is -2.24. The molecule has 0 saturated heterocycles. The fraction of sp³-hybridized carbons (Fsp3) is 0.636. The number of hydrogen-bond donors (Lipinski definition) is 1. The third-order valence-corrected chi connectivity index (χ3v) is 5.44. The van der Waals surface area contributed by atoms with Gasteiger partial charge in [-0.1, -0.05) is 19.4 Å². The largest absolute Gasteiger partial charge is 0.493 e. The highest BCUT2D eigenvalue weighted by atomic mass is 16.5. The Morgan fingerprint density at radius 1 is 1.14 bits per heavy atom. The number of carbonyl (C=O) groups is 2. The lowest BCUT2D eigenvalue weighted by Crippen LogP contribution is -2.43. The van der Waals surface area contributed by atoms with E-state index in [0.717, 1.165) is 56.6 Å². The minimum Gasteiger partial charge on any atom is -0.493 e. The van der Waals surface area contributed by atoms with Crippen molar-refractivity contribution in [2.24, 2.45) is 0 Å². The van der Waals surface area contributed by atoms with Gasteiger partial charge >= 0.3 is 5.97 Å². The maximum absolute atomic E-state index is 12.8. The second-order valence-electron chi connectivity index (χ2n) is 7.38. The van der Waals surface area contributed by atoms with Gasteiger partial charge in [-0.2, -0.15) is 0 Å². The maximum atomic E-state index is 12.8. The minimum absolute atomic E-state index is 0.178. The third kappa shape index (κ3) is 5.63. The van der Waals surface area contributed by atoms with Gasteiger partial charge in [0.05, 0.1) is 14.2 Å². The Bertz CT molecular complexity index is 673. The van der Waals surface area contributed by atoms with Gasteiger partial charge in [0.15, 0.2) is 11.5 Å². The first-order chi connectivity index (χ1) is 13.5. The highest BCUT2D eigenvalue weighted by molar-refractivity contribution is 5.76. The number of carbonyl (C=O) groups excluding carboxylic acids is 1. The molecule has 28 heavy (non-hydrogen) atoms. The van der Waals surface area contributed by atoms with E-state index in [-0.39, 0.29) is 18.4 Å². The van der Waals surface area contributed by atoms with Crippen LogP contribution in [0, 0.1) is 0 Å². The quantitative estimate of drug-likeness (QED) is 0.580. The third-order valence-electron chi connectivity index (χ3n) is 5.44. The highest BCUT2D eigenvalue weighted by Crippen LogP contribution is 2.38. The topological polar surface area (TPSA) is 76.1 Å². The van der Waals surface area contributed by atoms with Crippen LogP contribution in [0.1, 0.15) is 63.0 Å². The first-order valence-electron chi connectivity index (χ1n) is 10.3. The normalized spacial score (nSPS) is 15.6. The number of carboxylic acid groups (broad SMARTS) is 1. The smallest absolute Gasteiger partial charge is 0.303 e. The molecule has 1 aliphatic carbocycles. The van der Waals surface area contributed by atoms with Gasteiger partial charge in [-0.05, 0) is 50.2 Å². The van der Waals surface area contributed by atoms with E-state index in [1.54, 1.807) is 14.2 Å². The highest BCUT2D eigenvalue weighted by Gasteiger charge is 2.29. The van der Waals surface area contributed by atoms with E-state index < -0.39 is 5.97 Å². The van der Waals surface area contributed by atoms with Crippen LogP contribution in [0.2, 0.25) is 0 Å². The van der Waals surface area contributed by atoms with Crippen molar-refractivity contribution in [3.8, 4) is 11.5 Å². The van der Waals surface area contributed by atoms with Crippen LogP contribution in [0.15, 0.2) is 12.1 Å². The van der Waals surface area contributed by atoms with Gasteiger partial charge in [-0.3, -0.25) is 9.59 Å². The first kappa shape index (κ1) is 22.1. The molecule has 1 N–H and O–H groups in total. The van der Waals surface area contributed by atoms with Crippen LogP contribution in [0.4, 0.5) is 0 Å². The van der Waals surface area contributed by atoms with Crippen LogP contribution >= 0.6 is 0 Å². The van der Waals surface area contributed by atoms with Crippen LogP contribution in [-0.4, -0.2) is 48.7 Å². The van der Waals surface area contributed by atoms with Gasteiger partial charge < -0.3 is 19.5 Å². The summed E-state index contributed by atoms with van der Waals surface area (Å²) < 4.78 is 11.0. The molecular weight excluding hydrogens is 358 g/mol. The Labute approximate surface area is 167 Å². The molecule has 0 saturated carbocycles. The maximum Gasteiger partial charge on any atom is 0.303 e. The number of rotatable bonds is 11. The standard InChI is InChI=1S/C22H33NO5/c1-4-14-23(20(24)8-6-5-7-9-21(25)26)17-11-12-18-16(15-17)10-13-19(27-2)22(18)28-3/h10,13,17H,4-9,11-12,14-15H2,1-3H3,(H,25,26)/t17-/m0/s1. The van der Waals surface area contributed by atoms with Crippen molar-refractivity contribution >= 4 is 11.9 Å². The fourth-order valence-corrected chi connectivity index (χ4v) is 4.05. The zero-order chi connectivity index (χ0) is 20.5. The van der Waals surface area contributed by atoms with Crippen LogP contribution in [-0.2, 0) is 22.4 Å². The van der Waals surface area contributed by atoms with E-state index in [1.807, 2.05) is 11.0 Å². The first-order valence-corrected chi connectivity index (χ1v) is 10.3. The molecule has 1 aliphatic rings. The Kier molecular flexibility index (Phi) is 8.61. The lowest BCUT2D eigenvalue weighted by atomic mass is 9.86. The number of unbranched alkanes of at least 4 members (excludes halogenated alkanes) is 2. The number of hydrogen-bond acceptors (Lipinski definition) is 4. The lowest BCUT2D eigenvalue weighted by Gasteiger charge is -2.36. The van der Waals surface area contributed by atoms with Gasteiger partial charge in [-0.25, -0.2) is 0 Å². The second kappa shape index (κ2) is 10.9. The summed E-state index contributed by atoms with van der Waals surface area (Å²) in [4.78, 5) is 25.5. The molecular formula is C22H33NO5. The summed E-state index contributed by atoms with van der Waals surface area (Å²) in [6.45, 7) is 2.86. The van der Waals surface area contributed by atoms with Crippen LogP contribution in [0.3, 0.4) is 0 Å². The zero-order valence-corrected chi connectivity index (χ0v) is 17.3. The molecule has 0 heterocycles. The molecule has 0 spiro atoms. The van der Waals surface area contributed by atoms with Crippen molar-refractivity contribution in [3.63, 3.8) is 0 Å². The van der Waals surface area contributed by atoms with Crippen molar-refractivity contribution in [1.82, 2.24) is 4.90 Å². The molecule has 1 amide bonds. The Balaban J connectivity index is 2.01. The Morgan fingerprint density at radius 3 is 2.54 bits per heavy atom. The van der Waals surface area contributed by atoms with Crippen LogP contribution in [0.25, 0.3) is 0 Å². The van der Waals surface area contributed by atoms with Crippen molar-refractivity contribution in [2.45, 2.75) is 70.8 Å². The number of ether oxygens (including phenoxy) is 2. The van der Waals surface area contributed by atoms with Crippen LogP contribution in [0.5, 0.6) is 11.5 Å².